The number of fused-ring (bicyclic) bond motifs is 1. The maximum absolute atomic E-state index is 15.0. The van der Waals surface area contributed by atoms with Gasteiger partial charge in [-0.05, 0) is 48.5 Å². The summed E-state index contributed by atoms with van der Waals surface area (Å²) >= 11 is 11.7. The van der Waals surface area contributed by atoms with Crippen LogP contribution >= 0.6 is 23.2 Å². The van der Waals surface area contributed by atoms with Gasteiger partial charge in [0.2, 0.25) is 0 Å². The zero-order valence-corrected chi connectivity index (χ0v) is 20.6. The van der Waals surface area contributed by atoms with Crippen LogP contribution in [0.15, 0.2) is 48.5 Å². The second-order valence-corrected chi connectivity index (χ2v) is 9.33. The predicted octanol–water partition coefficient (Wildman–Crippen LogP) is 5.53. The van der Waals surface area contributed by atoms with E-state index in [1.54, 1.807) is 0 Å². The van der Waals surface area contributed by atoms with Gasteiger partial charge in [0.1, 0.15) is 5.82 Å². The summed E-state index contributed by atoms with van der Waals surface area (Å²) in [5.41, 5.74) is -4.95. The van der Waals surface area contributed by atoms with Crippen LogP contribution in [-0.2, 0) is 5.60 Å². The Labute approximate surface area is 222 Å². The molecule has 200 valence electrons. The number of rotatable bonds is 4. The molecule has 1 atom stereocenters. The molecule has 0 fully saturated rings. The van der Waals surface area contributed by atoms with E-state index in [0.29, 0.717) is 12.1 Å². The highest BCUT2D eigenvalue weighted by Gasteiger charge is 2.56. The minimum atomic E-state index is -3.87. The van der Waals surface area contributed by atoms with Crippen LogP contribution in [0, 0.1) is 17.5 Å². The Morgan fingerprint density at radius 3 is 2.29 bits per heavy atom. The lowest BCUT2D eigenvalue weighted by Crippen LogP contribution is -2.48. The average Bonchev–Trinajstić information content (AvgIpc) is 2.93. The molecule has 4 rings (SSSR count). The second kappa shape index (κ2) is 10.1. The largest absolute Gasteiger partial charge is 0.393 e. The number of amides is 2. The molecule has 1 aliphatic rings. The maximum Gasteiger partial charge on any atom is 0.284 e. The van der Waals surface area contributed by atoms with Crippen molar-refractivity contribution < 1.29 is 41.8 Å². The number of nitrogens with one attached hydrogen (secondary N) is 1. The van der Waals surface area contributed by atoms with Crippen molar-refractivity contribution in [2.75, 3.05) is 23.4 Å². The van der Waals surface area contributed by atoms with Gasteiger partial charge in [-0.25, -0.2) is 22.0 Å². The number of aliphatic hydroxyl groups excluding tert-OH is 1. The fourth-order valence-corrected chi connectivity index (χ4v) is 4.48. The van der Waals surface area contributed by atoms with E-state index in [-0.39, 0.29) is 16.4 Å². The molecular weight excluding hydrogens is 558 g/mol. The second-order valence-electron chi connectivity index (χ2n) is 8.49. The Morgan fingerprint density at radius 1 is 0.947 bits per heavy atom. The highest BCUT2D eigenvalue weighted by molar-refractivity contribution is 6.34. The van der Waals surface area contributed by atoms with Crippen molar-refractivity contribution in [1.29, 1.82) is 0 Å². The summed E-state index contributed by atoms with van der Waals surface area (Å²) in [7, 11) is 0. The van der Waals surface area contributed by atoms with Crippen molar-refractivity contribution >= 4 is 46.4 Å². The minimum Gasteiger partial charge on any atom is -0.393 e. The highest BCUT2D eigenvalue weighted by atomic mass is 35.5. The number of hydrogen-bond donors (Lipinski definition) is 3. The van der Waals surface area contributed by atoms with Crippen molar-refractivity contribution in [2.24, 2.45) is 0 Å². The normalized spacial score (nSPS) is 18.5. The van der Waals surface area contributed by atoms with Crippen molar-refractivity contribution in [3.05, 3.63) is 92.7 Å². The zero-order chi connectivity index (χ0) is 28.0. The molecule has 0 saturated heterocycles. The van der Waals surface area contributed by atoms with Gasteiger partial charge in [-0.15, -0.1) is 0 Å². The third-order valence-corrected chi connectivity index (χ3v) is 6.68. The Balaban J connectivity index is 1.66. The Morgan fingerprint density at radius 2 is 1.63 bits per heavy atom. The molecule has 0 aliphatic carbocycles. The summed E-state index contributed by atoms with van der Waals surface area (Å²) in [6.45, 7) is -2.02. The van der Waals surface area contributed by atoms with E-state index in [0.717, 1.165) is 29.2 Å². The number of carbonyl (C=O) groups excluding carboxylic acids is 2. The predicted molar refractivity (Wildman–Crippen MR) is 129 cm³/mol. The van der Waals surface area contributed by atoms with E-state index in [4.69, 9.17) is 23.2 Å². The molecule has 0 spiro atoms. The lowest BCUT2D eigenvalue weighted by molar-refractivity contribution is -0.205. The van der Waals surface area contributed by atoms with Gasteiger partial charge in [-0.3, -0.25) is 9.59 Å². The Kier molecular flexibility index (Phi) is 7.41. The van der Waals surface area contributed by atoms with Gasteiger partial charge >= 0.3 is 0 Å². The van der Waals surface area contributed by atoms with E-state index >= 15 is 4.39 Å². The zero-order valence-electron chi connectivity index (χ0n) is 19.0. The van der Waals surface area contributed by atoms with Gasteiger partial charge < -0.3 is 20.4 Å². The first-order valence-electron chi connectivity index (χ1n) is 10.9. The molecule has 2 amide bonds. The van der Waals surface area contributed by atoms with Crippen LogP contribution in [0.3, 0.4) is 0 Å². The molecule has 0 radical (unpaired) electrons. The van der Waals surface area contributed by atoms with Gasteiger partial charge in [-0.2, -0.15) is 0 Å². The number of aliphatic hydroxyl groups is 2. The summed E-state index contributed by atoms with van der Waals surface area (Å²) in [6, 6.07) is 7.49. The monoisotopic (exact) mass is 574 g/mol. The molecule has 38 heavy (non-hydrogen) atoms. The smallest absolute Gasteiger partial charge is 0.284 e. The average molecular weight is 575 g/mol. The Hall–Kier alpha value is -3.25. The van der Waals surface area contributed by atoms with Crippen LogP contribution in [0.25, 0.3) is 0 Å². The number of alkyl halides is 2. The number of hydrogen-bond acceptors (Lipinski definition) is 4. The molecule has 0 aromatic heterocycles. The first kappa shape index (κ1) is 27.8. The van der Waals surface area contributed by atoms with Crippen molar-refractivity contribution in [1.82, 2.24) is 0 Å². The third-order valence-electron chi connectivity index (χ3n) is 6.14. The lowest BCUT2D eigenvalue weighted by Gasteiger charge is -2.33. The quantitative estimate of drug-likeness (QED) is 0.282. The number of carbonyl (C=O) groups is 2. The van der Waals surface area contributed by atoms with E-state index in [2.05, 4.69) is 5.32 Å². The van der Waals surface area contributed by atoms with Crippen molar-refractivity contribution in [2.45, 2.75) is 17.9 Å². The summed E-state index contributed by atoms with van der Waals surface area (Å²) in [5, 5.41) is 22.1. The fraction of sp³-hybridized carbons (Fsp3) is 0.200. The van der Waals surface area contributed by atoms with Crippen LogP contribution < -0.4 is 10.2 Å². The maximum atomic E-state index is 15.0. The number of halogens is 7. The van der Waals surface area contributed by atoms with Gasteiger partial charge in [-0.1, -0.05) is 23.2 Å². The minimum absolute atomic E-state index is 0.0480. The lowest BCUT2D eigenvalue weighted by atomic mass is 9.86. The molecule has 3 N–H and O–H groups in total. The molecule has 3 aromatic rings. The third kappa shape index (κ3) is 4.82. The first-order chi connectivity index (χ1) is 17.8. The van der Waals surface area contributed by atoms with E-state index in [1.807, 2.05) is 0 Å². The summed E-state index contributed by atoms with van der Waals surface area (Å²) in [4.78, 5) is 26.5. The molecular formula is C25H17Cl2F5N2O4. The summed E-state index contributed by atoms with van der Waals surface area (Å²) < 4.78 is 71.6. The SMILES string of the molecule is O=C(Nc1ccc(C(=O)N2CCC(F)(F)[C@](O)(CO)c3cc(Cl)ccc32)c(F)c1)c1cc(F)c(F)cc1Cl. The topological polar surface area (TPSA) is 89.9 Å². The molecule has 0 bridgehead atoms. The molecule has 1 heterocycles. The van der Waals surface area contributed by atoms with Crippen molar-refractivity contribution in [3.8, 4) is 0 Å². The molecule has 3 aromatic carbocycles. The van der Waals surface area contributed by atoms with Gasteiger partial charge in [0.15, 0.2) is 17.2 Å². The number of benzene rings is 3. The molecule has 0 unspecified atom stereocenters. The van der Waals surface area contributed by atoms with Crippen LogP contribution in [-0.4, -0.2) is 41.1 Å². The first-order valence-corrected chi connectivity index (χ1v) is 11.6. The van der Waals surface area contributed by atoms with Crippen LogP contribution in [0.1, 0.15) is 32.7 Å². The number of nitrogens with zero attached hydrogens (tertiary/aromatic N) is 1. The fourth-order valence-electron chi connectivity index (χ4n) is 4.07. The van der Waals surface area contributed by atoms with Crippen LogP contribution in [0.5, 0.6) is 0 Å². The standard InChI is InChI=1S/C25H17Cl2F5N2O4/c26-12-1-4-21-16(7-12)24(38,11-35)25(31,32)5-6-34(21)23(37)14-3-2-13(8-18(14)28)33-22(36)15-9-19(29)20(30)10-17(15)27/h1-4,7-10,35,38H,5-6,11H2,(H,33,36)/t24-/m0/s1. The highest BCUT2D eigenvalue weighted by Crippen LogP contribution is 2.47. The molecule has 13 heteroatoms. The van der Waals surface area contributed by atoms with E-state index < -0.39 is 82.1 Å². The molecule has 1 aliphatic heterocycles. The van der Waals surface area contributed by atoms with E-state index in [9.17, 15) is 37.4 Å². The summed E-state index contributed by atoms with van der Waals surface area (Å²) in [6.07, 6.45) is -1.06. The van der Waals surface area contributed by atoms with Crippen molar-refractivity contribution in [3.63, 3.8) is 0 Å². The number of anilines is 2. The van der Waals surface area contributed by atoms with Crippen LogP contribution in [0.2, 0.25) is 10.0 Å². The summed E-state index contributed by atoms with van der Waals surface area (Å²) in [5.74, 6) is -9.66. The molecule has 6 nitrogen and oxygen atoms in total. The van der Waals surface area contributed by atoms with Gasteiger partial charge in [0.25, 0.3) is 17.7 Å². The van der Waals surface area contributed by atoms with Gasteiger partial charge in [0, 0.05) is 29.2 Å². The van der Waals surface area contributed by atoms with E-state index in [1.165, 1.54) is 12.1 Å². The van der Waals surface area contributed by atoms with Gasteiger partial charge in [0.05, 0.1) is 28.4 Å². The molecule has 0 saturated carbocycles. The Bertz CT molecular complexity index is 1460. The van der Waals surface area contributed by atoms with Crippen LogP contribution in [0.4, 0.5) is 33.3 Å².